The summed E-state index contributed by atoms with van der Waals surface area (Å²) in [7, 11) is 0. The standard InChI is InChI=1S/C22H19N5O3S2/c1-13-7-6-10-16(14(13)2)23-19(28)12-31-22-26-25-21(32-22)24-20(29)17-11-18(30-27-17)15-8-4-3-5-9-15/h3-11H,12H2,1-2H3,(H,23,28)(H,24,25,29). The lowest BCUT2D eigenvalue weighted by Crippen LogP contribution is -2.15. The molecule has 0 spiro atoms. The van der Waals surface area contributed by atoms with Gasteiger partial charge in [0.05, 0.1) is 5.75 Å². The molecule has 8 nitrogen and oxygen atoms in total. The molecular weight excluding hydrogens is 446 g/mol. The van der Waals surface area contributed by atoms with Crippen LogP contribution in [0.3, 0.4) is 0 Å². The number of anilines is 2. The van der Waals surface area contributed by atoms with Crippen LogP contribution in [0.15, 0.2) is 63.5 Å². The Labute approximate surface area is 192 Å². The fourth-order valence-electron chi connectivity index (χ4n) is 2.80. The molecule has 0 fully saturated rings. The minimum Gasteiger partial charge on any atom is -0.355 e. The average Bonchev–Trinajstić information content (AvgIpc) is 3.46. The van der Waals surface area contributed by atoms with Gasteiger partial charge in [-0.15, -0.1) is 10.2 Å². The van der Waals surface area contributed by atoms with E-state index in [9.17, 15) is 9.59 Å². The number of hydrogen-bond donors (Lipinski definition) is 2. The molecule has 162 valence electrons. The maximum atomic E-state index is 12.4. The van der Waals surface area contributed by atoms with E-state index >= 15 is 0 Å². The molecule has 0 unspecified atom stereocenters. The van der Waals surface area contributed by atoms with Crippen LogP contribution in [0.1, 0.15) is 21.6 Å². The van der Waals surface area contributed by atoms with Crippen LogP contribution in [-0.4, -0.2) is 32.9 Å². The summed E-state index contributed by atoms with van der Waals surface area (Å²) in [5.41, 5.74) is 3.91. The van der Waals surface area contributed by atoms with Crippen LogP contribution in [0.25, 0.3) is 11.3 Å². The Morgan fingerprint density at radius 3 is 2.66 bits per heavy atom. The second-order valence-corrected chi connectivity index (χ2v) is 9.05. The van der Waals surface area contributed by atoms with Crippen molar-refractivity contribution in [3.05, 3.63) is 71.4 Å². The molecule has 32 heavy (non-hydrogen) atoms. The van der Waals surface area contributed by atoms with E-state index in [1.165, 1.54) is 23.1 Å². The normalized spacial score (nSPS) is 10.7. The molecule has 4 rings (SSSR count). The van der Waals surface area contributed by atoms with Crippen molar-refractivity contribution in [1.29, 1.82) is 0 Å². The molecule has 0 saturated heterocycles. The first-order valence-corrected chi connectivity index (χ1v) is 11.5. The zero-order valence-electron chi connectivity index (χ0n) is 17.3. The van der Waals surface area contributed by atoms with Crippen molar-refractivity contribution in [3.63, 3.8) is 0 Å². The number of amides is 2. The maximum Gasteiger partial charge on any atom is 0.279 e. The Morgan fingerprint density at radius 1 is 1.03 bits per heavy atom. The summed E-state index contributed by atoms with van der Waals surface area (Å²) < 4.78 is 5.82. The number of aromatic nitrogens is 3. The second kappa shape index (κ2) is 9.75. The zero-order valence-corrected chi connectivity index (χ0v) is 18.9. The van der Waals surface area contributed by atoms with Gasteiger partial charge in [0.2, 0.25) is 11.0 Å². The number of hydrogen-bond acceptors (Lipinski definition) is 8. The summed E-state index contributed by atoms with van der Waals surface area (Å²) in [5, 5.41) is 17.7. The van der Waals surface area contributed by atoms with Gasteiger partial charge in [0.1, 0.15) is 0 Å². The molecule has 0 saturated carbocycles. The van der Waals surface area contributed by atoms with Crippen LogP contribution in [-0.2, 0) is 4.79 Å². The molecule has 2 N–H and O–H groups in total. The molecular formula is C22H19N5O3S2. The monoisotopic (exact) mass is 465 g/mol. The lowest BCUT2D eigenvalue weighted by atomic mass is 10.1. The van der Waals surface area contributed by atoms with Gasteiger partial charge in [-0.3, -0.25) is 14.9 Å². The van der Waals surface area contributed by atoms with Crippen molar-refractivity contribution in [2.24, 2.45) is 0 Å². The van der Waals surface area contributed by atoms with Gasteiger partial charge in [0, 0.05) is 17.3 Å². The molecule has 10 heteroatoms. The SMILES string of the molecule is Cc1cccc(NC(=O)CSc2nnc(NC(=O)c3cc(-c4ccccc4)on3)s2)c1C. The van der Waals surface area contributed by atoms with Gasteiger partial charge in [-0.1, -0.05) is 70.7 Å². The fraction of sp³-hybridized carbons (Fsp3) is 0.136. The van der Waals surface area contributed by atoms with E-state index in [2.05, 4.69) is 26.0 Å². The van der Waals surface area contributed by atoms with Gasteiger partial charge >= 0.3 is 0 Å². The van der Waals surface area contributed by atoms with Gasteiger partial charge in [0.25, 0.3) is 5.91 Å². The molecule has 0 atom stereocenters. The predicted molar refractivity (Wildman–Crippen MR) is 125 cm³/mol. The molecule has 2 heterocycles. The van der Waals surface area contributed by atoms with Gasteiger partial charge in [-0.25, -0.2) is 0 Å². The predicted octanol–water partition coefficient (Wildman–Crippen LogP) is 4.79. The Hall–Kier alpha value is -3.50. The largest absolute Gasteiger partial charge is 0.355 e. The maximum absolute atomic E-state index is 12.4. The van der Waals surface area contributed by atoms with E-state index < -0.39 is 5.91 Å². The Bertz CT molecular complexity index is 1250. The van der Waals surface area contributed by atoms with Crippen LogP contribution in [0, 0.1) is 13.8 Å². The first kappa shape index (κ1) is 21.7. The smallest absolute Gasteiger partial charge is 0.279 e. The second-order valence-electron chi connectivity index (χ2n) is 6.85. The minimum absolute atomic E-state index is 0.138. The minimum atomic E-state index is -0.448. The van der Waals surface area contributed by atoms with Crippen LogP contribution in [0.2, 0.25) is 0 Å². The van der Waals surface area contributed by atoms with Crippen LogP contribution < -0.4 is 10.6 Å². The van der Waals surface area contributed by atoms with Crippen LogP contribution >= 0.6 is 23.1 Å². The average molecular weight is 466 g/mol. The first-order chi connectivity index (χ1) is 15.5. The highest BCUT2D eigenvalue weighted by Gasteiger charge is 2.16. The van der Waals surface area contributed by atoms with Gasteiger partial charge < -0.3 is 9.84 Å². The highest BCUT2D eigenvalue weighted by atomic mass is 32.2. The molecule has 0 bridgehead atoms. The van der Waals surface area contributed by atoms with E-state index in [-0.39, 0.29) is 17.4 Å². The fourth-order valence-corrected chi connectivity index (χ4v) is 4.35. The van der Waals surface area contributed by atoms with E-state index in [1.807, 2.05) is 62.4 Å². The highest BCUT2D eigenvalue weighted by molar-refractivity contribution is 8.01. The highest BCUT2D eigenvalue weighted by Crippen LogP contribution is 2.27. The summed E-state index contributed by atoms with van der Waals surface area (Å²) in [4.78, 5) is 24.7. The number of thioether (sulfide) groups is 1. The summed E-state index contributed by atoms with van der Waals surface area (Å²) in [5.74, 6) is 0.0931. The van der Waals surface area contributed by atoms with Crippen LogP contribution in [0.5, 0.6) is 0 Å². The van der Waals surface area contributed by atoms with Crippen molar-refractivity contribution in [3.8, 4) is 11.3 Å². The third-order valence-corrected chi connectivity index (χ3v) is 6.61. The van der Waals surface area contributed by atoms with Crippen molar-refractivity contribution < 1.29 is 14.1 Å². The van der Waals surface area contributed by atoms with Crippen molar-refractivity contribution in [1.82, 2.24) is 15.4 Å². The van der Waals surface area contributed by atoms with Gasteiger partial charge in [-0.05, 0) is 31.0 Å². The van der Waals surface area contributed by atoms with E-state index in [1.54, 1.807) is 6.07 Å². The molecule has 2 amide bonds. The molecule has 0 radical (unpaired) electrons. The quantitative estimate of drug-likeness (QED) is 0.298. The van der Waals surface area contributed by atoms with Crippen molar-refractivity contribution >= 4 is 45.7 Å². The molecule has 2 aromatic heterocycles. The molecule has 2 aromatic carbocycles. The zero-order chi connectivity index (χ0) is 22.5. The Balaban J connectivity index is 1.31. The number of rotatable bonds is 7. The molecule has 0 aliphatic carbocycles. The third kappa shape index (κ3) is 5.21. The summed E-state index contributed by atoms with van der Waals surface area (Å²) >= 11 is 2.43. The van der Waals surface area contributed by atoms with E-state index in [4.69, 9.17) is 4.52 Å². The first-order valence-electron chi connectivity index (χ1n) is 9.65. The third-order valence-electron chi connectivity index (χ3n) is 4.63. The number of nitrogens with one attached hydrogen (secondary N) is 2. The number of benzene rings is 2. The van der Waals surface area contributed by atoms with Crippen LogP contribution in [0.4, 0.5) is 10.8 Å². The molecule has 0 aliphatic heterocycles. The van der Waals surface area contributed by atoms with E-state index in [0.29, 0.717) is 15.2 Å². The van der Waals surface area contributed by atoms with Gasteiger partial charge in [-0.2, -0.15) is 0 Å². The number of carbonyl (C=O) groups excluding carboxylic acids is 2. The van der Waals surface area contributed by atoms with Crippen molar-refractivity contribution in [2.75, 3.05) is 16.4 Å². The summed E-state index contributed by atoms with van der Waals surface area (Å²) in [6, 6.07) is 16.7. The summed E-state index contributed by atoms with van der Waals surface area (Å²) in [6.45, 7) is 3.97. The number of carbonyl (C=O) groups is 2. The number of aryl methyl sites for hydroxylation is 1. The molecule has 0 aliphatic rings. The van der Waals surface area contributed by atoms with E-state index in [0.717, 1.165) is 22.4 Å². The van der Waals surface area contributed by atoms with Crippen molar-refractivity contribution in [2.45, 2.75) is 18.2 Å². The number of nitrogens with zero attached hydrogens (tertiary/aromatic N) is 3. The topological polar surface area (TPSA) is 110 Å². The summed E-state index contributed by atoms with van der Waals surface area (Å²) in [6.07, 6.45) is 0. The lowest BCUT2D eigenvalue weighted by molar-refractivity contribution is -0.113. The Kier molecular flexibility index (Phi) is 6.62. The molecule has 4 aromatic rings. The van der Waals surface area contributed by atoms with Gasteiger partial charge in [0.15, 0.2) is 15.8 Å². The Morgan fingerprint density at radius 2 is 1.84 bits per heavy atom. The lowest BCUT2D eigenvalue weighted by Gasteiger charge is -2.09.